The van der Waals surface area contributed by atoms with Crippen molar-refractivity contribution in [2.75, 3.05) is 0 Å². The van der Waals surface area contributed by atoms with E-state index in [0.717, 1.165) is 115 Å². The molecule has 0 aliphatic carbocycles. The molecule has 0 saturated heterocycles. The van der Waals surface area contributed by atoms with E-state index >= 15 is 0 Å². The summed E-state index contributed by atoms with van der Waals surface area (Å²) in [5, 5.41) is 4.62. The van der Waals surface area contributed by atoms with E-state index in [2.05, 4.69) is 319 Å². The third kappa shape index (κ3) is 8.60. The maximum absolute atomic E-state index is 6.86. The van der Waals surface area contributed by atoms with Gasteiger partial charge in [-0.05, 0) is 17.0 Å². The van der Waals surface area contributed by atoms with Gasteiger partial charge in [-0.2, -0.15) is 0 Å². The number of pyridine rings is 1. The van der Waals surface area contributed by atoms with Crippen LogP contribution in [-0.2, 0) is 24.8 Å². The van der Waals surface area contributed by atoms with E-state index < -0.39 is 0 Å². The van der Waals surface area contributed by atoms with Crippen LogP contribution < -0.4 is 4.74 Å². The molecule has 15 rings (SSSR count). The number of hydrogen-bond acceptors (Lipinski definition) is 2. The Balaban J connectivity index is 0.968. The topological polar surface area (TPSA) is 41.8 Å². The summed E-state index contributed by atoms with van der Waals surface area (Å²) in [7, 11) is 0. The predicted octanol–water partition coefficient (Wildman–Crippen LogP) is 19.4. The molecule has 0 bridgehead atoms. The van der Waals surface area contributed by atoms with Crippen LogP contribution in [0.4, 0.5) is 0 Å². The van der Waals surface area contributed by atoms with Crippen molar-refractivity contribution in [1.82, 2.24) is 23.3 Å². The van der Waals surface area contributed by atoms with E-state index in [9.17, 15) is 0 Å². The average Bonchev–Trinajstić information content (AvgIpc) is 2.57. The molecule has 15 aromatic rings. The van der Waals surface area contributed by atoms with E-state index in [0.29, 0.717) is 11.5 Å². The fourth-order valence-corrected chi connectivity index (χ4v) is 13.3. The molecule has 0 aliphatic heterocycles. The normalized spacial score (nSPS) is 11.9. The van der Waals surface area contributed by atoms with Gasteiger partial charge in [0.1, 0.15) is 0 Å². The van der Waals surface area contributed by atoms with Crippen LogP contribution in [0.15, 0.2) is 267 Å². The molecule has 400 valence electrons. The fourth-order valence-electron chi connectivity index (χ4n) is 12.3. The second-order valence-corrected chi connectivity index (χ2v) is 23.1. The first kappa shape index (κ1) is 50.1. The van der Waals surface area contributed by atoms with Gasteiger partial charge >= 0.3 is 439 Å². The van der Waals surface area contributed by atoms with E-state index in [-0.39, 0.29) is 5.41 Å². The van der Waals surface area contributed by atoms with Crippen LogP contribution in [0, 0.1) is 15.9 Å². The Morgan fingerprint density at radius 1 is 0.386 bits per heavy atom. The van der Waals surface area contributed by atoms with Gasteiger partial charge in [0.25, 0.3) is 0 Å². The minimum absolute atomic E-state index is 0.0529. The van der Waals surface area contributed by atoms with E-state index in [4.69, 9.17) is 9.72 Å². The Morgan fingerprint density at radius 2 is 0.867 bits per heavy atom. The van der Waals surface area contributed by atoms with Gasteiger partial charge in [-0.1, -0.05) is 32.9 Å². The van der Waals surface area contributed by atoms with Crippen molar-refractivity contribution in [3.8, 4) is 78.9 Å². The zero-order valence-corrected chi connectivity index (χ0v) is 48.1. The van der Waals surface area contributed by atoms with Gasteiger partial charge in [-0.25, -0.2) is 0 Å². The van der Waals surface area contributed by atoms with Crippen LogP contribution >= 0.6 is 0 Å². The Hall–Kier alpha value is -9.87. The van der Waals surface area contributed by atoms with Crippen molar-refractivity contribution in [2.45, 2.75) is 26.2 Å². The summed E-state index contributed by atoms with van der Waals surface area (Å²) in [6.07, 6.45) is 1.91. The molecule has 0 spiro atoms. The first-order valence-electron chi connectivity index (χ1n) is 28.0. The predicted molar refractivity (Wildman–Crippen MR) is 337 cm³/mol. The van der Waals surface area contributed by atoms with Gasteiger partial charge in [-0.3, -0.25) is 0 Å². The van der Waals surface area contributed by atoms with Gasteiger partial charge in [0.05, 0.1) is 0 Å². The standard InChI is InChI=1S/C76H53N5O.Pt/c1-76(2,3)53-43-44-77-74(45-53)81-70-38-19-16-35-64(70)65-42-41-57(49-73(65)81)82-56-28-22-27-54(46-56)78-50-79(72-40-21-20-39-71(72)78)75-66(60-31-12-10-29-58(60)51-23-6-4-7-24-51)47-55(80-68-36-17-14-33-62(68)63-34-15-18-37-69(63)80)48-67(75)61-32-13-11-30-59(61)52-25-8-5-9-26-52;/h4-45,47-48H,1-3H3;/q-2;. The molecule has 0 atom stereocenters. The molecule has 7 heteroatoms. The van der Waals surface area contributed by atoms with E-state index in [1.807, 2.05) is 18.3 Å². The van der Waals surface area contributed by atoms with Gasteiger partial charge in [0, 0.05) is 6.20 Å². The number of fused-ring (bicyclic) bond motifs is 7. The molecule has 0 radical (unpaired) electrons. The minimum atomic E-state index is -0.0529. The van der Waals surface area contributed by atoms with Crippen LogP contribution in [0.3, 0.4) is 0 Å². The summed E-state index contributed by atoms with van der Waals surface area (Å²) in [6.45, 7) is 6.70. The molecule has 0 saturated carbocycles. The number of rotatable bonds is 10. The van der Waals surface area contributed by atoms with Crippen LogP contribution in [-0.4, -0.2) is 23.3 Å². The Bertz CT molecular complexity index is 4920. The average molecular weight is 1250 g/mol. The summed E-state index contributed by atoms with van der Waals surface area (Å²) >= 11 is 2.54. The van der Waals surface area contributed by atoms with Crippen LogP contribution in [0.25, 0.3) is 122 Å². The summed E-state index contributed by atoms with van der Waals surface area (Å²) in [5.74, 6) is 1.99. The molecule has 0 unspecified atom stereocenters. The monoisotopic (exact) mass is 1250 g/mol. The van der Waals surface area contributed by atoms with Crippen molar-refractivity contribution in [2.24, 2.45) is 0 Å². The van der Waals surface area contributed by atoms with E-state index in [1.54, 1.807) is 0 Å². The second kappa shape index (κ2) is 20.3. The molecule has 4 aromatic heterocycles. The molecule has 0 aliphatic rings. The molecule has 11 aromatic carbocycles. The third-order valence-electron chi connectivity index (χ3n) is 16.1. The SMILES string of the molecule is CC(C)(C)c1ccnc(-n2c3[c-]c(Oc4[c-]c(-n5[c](=[Pt])n(-c6c(-c7ccccc7-c7ccccc7)cc(-n7c8ccccc8c8ccccc87)cc6-c6ccccc6-c6ccccc6)c6ccccc65)ccc4)ccc3c3ccccc32)c1. The molecule has 83 heavy (non-hydrogen) atoms. The van der Waals surface area contributed by atoms with Gasteiger partial charge in [0.15, 0.2) is 0 Å². The zero-order chi connectivity index (χ0) is 55.8. The molecular formula is C76H53N5OPt-2. The molecular weight excluding hydrogens is 1190 g/mol. The summed E-state index contributed by atoms with van der Waals surface area (Å²) in [5.41, 5.74) is 19.3. The number of aromatic nitrogens is 5. The number of para-hydroxylation sites is 5. The van der Waals surface area contributed by atoms with E-state index in [1.165, 1.54) is 16.3 Å². The third-order valence-corrected chi connectivity index (χ3v) is 17.1. The molecule has 0 N–H and O–H groups in total. The van der Waals surface area contributed by atoms with Gasteiger partial charge < -0.3 is 0 Å². The number of hydrogen-bond donors (Lipinski definition) is 0. The van der Waals surface area contributed by atoms with Crippen LogP contribution in [0.1, 0.15) is 26.3 Å². The van der Waals surface area contributed by atoms with Gasteiger partial charge in [0.2, 0.25) is 0 Å². The molecule has 6 nitrogen and oxygen atoms in total. The first-order chi connectivity index (χ1) is 40.7. The van der Waals surface area contributed by atoms with Crippen molar-refractivity contribution in [1.29, 1.82) is 0 Å². The number of benzene rings is 11. The number of ether oxygens (including phenoxy) is 1. The van der Waals surface area contributed by atoms with Crippen molar-refractivity contribution < 1.29 is 24.1 Å². The molecule has 4 heterocycles. The van der Waals surface area contributed by atoms with Crippen molar-refractivity contribution >= 4 is 54.6 Å². The molecule has 0 amide bonds. The Kier molecular flexibility index (Phi) is 12.2. The summed E-state index contributed by atoms with van der Waals surface area (Å²) in [6, 6.07) is 101. The second-order valence-electron chi connectivity index (χ2n) is 22.1. The summed E-state index contributed by atoms with van der Waals surface area (Å²) in [4.78, 5) is 4.92. The fraction of sp³-hybridized carbons (Fsp3) is 0.0526. The molecule has 0 fully saturated rings. The van der Waals surface area contributed by atoms with Crippen molar-refractivity contribution in [3.63, 3.8) is 0 Å². The quantitative estimate of drug-likeness (QED) is 0.128. The number of nitrogens with zero attached hydrogens (tertiary/aromatic N) is 5. The summed E-state index contributed by atoms with van der Waals surface area (Å²) < 4.78 is 17.2. The van der Waals surface area contributed by atoms with Crippen molar-refractivity contribution in [3.05, 3.63) is 289 Å². The number of imidazole rings is 1. The Morgan fingerprint density at radius 3 is 1.45 bits per heavy atom. The Labute approximate surface area is 492 Å². The van der Waals surface area contributed by atoms with Crippen LogP contribution in [0.5, 0.6) is 11.5 Å². The first-order valence-corrected chi connectivity index (χ1v) is 29.2. The zero-order valence-electron chi connectivity index (χ0n) is 45.9. The maximum atomic E-state index is 6.86. The van der Waals surface area contributed by atoms with Gasteiger partial charge in [-0.15, -0.1) is 0 Å². The van der Waals surface area contributed by atoms with Crippen LogP contribution in [0.2, 0.25) is 0 Å².